The van der Waals surface area contributed by atoms with Crippen LogP contribution in [-0.4, -0.2) is 60.4 Å². The molecule has 2 unspecified atom stereocenters. The minimum absolute atomic E-state index is 0.0580. The average Bonchev–Trinajstić information content (AvgIpc) is 2.85. The standard InChI is InChI=1S/C28H39N3O4S/c1-4-11-22-16-20-29(18-5-2)28(30(22)19-6-3)25(17-21-36(32,33)34)31-23-12-7-9-14-26(23)35-27-15-10-8-13-24(27)31/h7-10,12-16,25,28H,4-6,11,17-21H2,1-3H3,(H,32,33,34). The van der Waals surface area contributed by atoms with E-state index in [0.29, 0.717) is 0 Å². The van der Waals surface area contributed by atoms with Crippen LogP contribution in [0, 0.1) is 0 Å². The molecule has 2 aromatic rings. The molecule has 0 bridgehead atoms. The van der Waals surface area contributed by atoms with Gasteiger partial charge >= 0.3 is 0 Å². The number of hydrogen-bond donors (Lipinski definition) is 1. The summed E-state index contributed by atoms with van der Waals surface area (Å²) in [6.07, 6.45) is 6.58. The molecule has 0 aromatic heterocycles. The predicted molar refractivity (Wildman–Crippen MR) is 146 cm³/mol. The van der Waals surface area contributed by atoms with Crippen LogP contribution < -0.4 is 9.64 Å². The maximum Gasteiger partial charge on any atom is 0.264 e. The summed E-state index contributed by atoms with van der Waals surface area (Å²) in [7, 11) is -4.14. The van der Waals surface area contributed by atoms with Gasteiger partial charge in [0.05, 0.1) is 23.2 Å². The number of para-hydroxylation sites is 4. The third-order valence-corrected chi connectivity index (χ3v) is 7.67. The van der Waals surface area contributed by atoms with Crippen LogP contribution in [0.25, 0.3) is 0 Å². The molecule has 1 N–H and O–H groups in total. The fourth-order valence-electron chi connectivity index (χ4n) is 5.57. The van der Waals surface area contributed by atoms with Gasteiger partial charge in [-0.2, -0.15) is 8.42 Å². The normalized spacial score (nSPS) is 18.8. The molecule has 7 nitrogen and oxygen atoms in total. The van der Waals surface area contributed by atoms with Crippen molar-refractivity contribution in [2.24, 2.45) is 0 Å². The highest BCUT2D eigenvalue weighted by Gasteiger charge is 2.42. The summed E-state index contributed by atoms with van der Waals surface area (Å²) < 4.78 is 40.2. The first-order valence-corrected chi connectivity index (χ1v) is 14.8. The second-order valence-corrected chi connectivity index (χ2v) is 11.2. The molecule has 2 aliphatic heterocycles. The highest BCUT2D eigenvalue weighted by atomic mass is 32.2. The lowest BCUT2D eigenvalue weighted by molar-refractivity contribution is 0.0367. The summed E-state index contributed by atoms with van der Waals surface area (Å²) in [5.41, 5.74) is 3.15. The van der Waals surface area contributed by atoms with Crippen molar-refractivity contribution >= 4 is 21.5 Å². The highest BCUT2D eigenvalue weighted by Crippen LogP contribution is 2.49. The van der Waals surface area contributed by atoms with Gasteiger partial charge in [0.1, 0.15) is 6.17 Å². The number of benzene rings is 2. The topological polar surface area (TPSA) is 73.3 Å². The van der Waals surface area contributed by atoms with E-state index in [1.165, 1.54) is 5.70 Å². The molecule has 2 aliphatic rings. The predicted octanol–water partition coefficient (Wildman–Crippen LogP) is 6.02. The van der Waals surface area contributed by atoms with Crippen molar-refractivity contribution in [1.82, 2.24) is 9.80 Å². The summed E-state index contributed by atoms with van der Waals surface area (Å²) in [6, 6.07) is 15.6. The Hall–Kier alpha value is -2.55. The van der Waals surface area contributed by atoms with Crippen molar-refractivity contribution in [2.75, 3.05) is 30.3 Å². The lowest BCUT2D eigenvalue weighted by atomic mass is 9.98. The van der Waals surface area contributed by atoms with Crippen LogP contribution in [0.5, 0.6) is 11.5 Å². The monoisotopic (exact) mass is 513 g/mol. The largest absolute Gasteiger partial charge is 0.453 e. The third kappa shape index (κ3) is 5.71. The second-order valence-electron chi connectivity index (χ2n) is 9.60. The van der Waals surface area contributed by atoms with Gasteiger partial charge in [-0.3, -0.25) is 9.45 Å². The van der Waals surface area contributed by atoms with E-state index in [1.54, 1.807) is 0 Å². The molecular weight excluding hydrogens is 474 g/mol. The maximum absolute atomic E-state index is 12.0. The Bertz CT molecular complexity index is 1120. The van der Waals surface area contributed by atoms with Crippen molar-refractivity contribution in [2.45, 2.75) is 65.1 Å². The van der Waals surface area contributed by atoms with Crippen LogP contribution in [0.2, 0.25) is 0 Å². The van der Waals surface area contributed by atoms with Crippen LogP contribution in [0.1, 0.15) is 52.9 Å². The number of hydrogen-bond acceptors (Lipinski definition) is 6. The molecule has 2 aromatic carbocycles. The molecule has 196 valence electrons. The number of nitrogens with zero attached hydrogens (tertiary/aromatic N) is 3. The van der Waals surface area contributed by atoms with E-state index in [0.717, 1.165) is 68.2 Å². The SMILES string of the molecule is CCCC1=CCN(CCC)C(C(CCS(=O)(=O)O)N2c3ccccc3Oc3ccccc32)N1CCC. The minimum atomic E-state index is -4.14. The van der Waals surface area contributed by atoms with Crippen molar-refractivity contribution in [3.05, 3.63) is 60.3 Å². The first-order valence-electron chi connectivity index (χ1n) is 13.2. The number of ether oxygens (including phenoxy) is 1. The van der Waals surface area contributed by atoms with E-state index in [1.807, 2.05) is 48.5 Å². The van der Waals surface area contributed by atoms with E-state index >= 15 is 0 Å². The van der Waals surface area contributed by atoms with Gasteiger partial charge in [0.25, 0.3) is 10.1 Å². The zero-order valence-electron chi connectivity index (χ0n) is 21.6. The highest BCUT2D eigenvalue weighted by molar-refractivity contribution is 7.85. The minimum Gasteiger partial charge on any atom is -0.453 e. The average molecular weight is 514 g/mol. The summed E-state index contributed by atoms with van der Waals surface area (Å²) >= 11 is 0. The molecule has 0 radical (unpaired) electrons. The first-order chi connectivity index (χ1) is 17.4. The summed E-state index contributed by atoms with van der Waals surface area (Å²) in [5, 5.41) is 0. The molecule has 0 saturated heterocycles. The van der Waals surface area contributed by atoms with E-state index in [-0.39, 0.29) is 24.4 Å². The van der Waals surface area contributed by atoms with Crippen molar-refractivity contribution in [1.29, 1.82) is 0 Å². The Morgan fingerprint density at radius 2 is 1.56 bits per heavy atom. The third-order valence-electron chi connectivity index (χ3n) is 6.92. The molecule has 2 atom stereocenters. The molecule has 4 rings (SSSR count). The Balaban J connectivity index is 1.89. The Morgan fingerprint density at radius 3 is 2.11 bits per heavy atom. The molecular formula is C28H39N3O4S. The zero-order chi connectivity index (χ0) is 25.7. The molecule has 0 saturated carbocycles. The van der Waals surface area contributed by atoms with Gasteiger partial charge in [-0.15, -0.1) is 0 Å². The second kappa shape index (κ2) is 11.7. The number of fused-ring (bicyclic) bond motifs is 2. The van der Waals surface area contributed by atoms with Crippen LogP contribution in [0.3, 0.4) is 0 Å². The molecule has 0 amide bonds. The van der Waals surface area contributed by atoms with Gasteiger partial charge in [0.15, 0.2) is 11.5 Å². The fraction of sp³-hybridized carbons (Fsp3) is 0.500. The van der Waals surface area contributed by atoms with Crippen LogP contribution in [0.4, 0.5) is 11.4 Å². The van der Waals surface area contributed by atoms with E-state index in [2.05, 4.69) is 41.5 Å². The van der Waals surface area contributed by atoms with E-state index in [9.17, 15) is 13.0 Å². The van der Waals surface area contributed by atoms with Crippen LogP contribution in [-0.2, 0) is 10.1 Å². The summed E-state index contributed by atoms with van der Waals surface area (Å²) in [5.74, 6) is 1.19. The van der Waals surface area contributed by atoms with Crippen LogP contribution >= 0.6 is 0 Å². The van der Waals surface area contributed by atoms with Gasteiger partial charge < -0.3 is 14.5 Å². The molecule has 36 heavy (non-hydrogen) atoms. The van der Waals surface area contributed by atoms with Gasteiger partial charge in [0, 0.05) is 25.3 Å². The van der Waals surface area contributed by atoms with Gasteiger partial charge in [-0.25, -0.2) is 0 Å². The Morgan fingerprint density at radius 1 is 0.944 bits per heavy atom. The van der Waals surface area contributed by atoms with E-state index in [4.69, 9.17) is 4.74 Å². The molecule has 2 heterocycles. The van der Waals surface area contributed by atoms with Crippen molar-refractivity contribution in [3.8, 4) is 11.5 Å². The quantitative estimate of drug-likeness (QED) is 0.368. The molecule has 0 aliphatic carbocycles. The van der Waals surface area contributed by atoms with E-state index < -0.39 is 10.1 Å². The fourth-order valence-corrected chi connectivity index (χ4v) is 6.11. The lowest BCUT2D eigenvalue weighted by Gasteiger charge is -2.52. The Kier molecular flexibility index (Phi) is 8.59. The van der Waals surface area contributed by atoms with Crippen molar-refractivity contribution in [3.63, 3.8) is 0 Å². The number of rotatable bonds is 11. The zero-order valence-corrected chi connectivity index (χ0v) is 22.5. The van der Waals surface area contributed by atoms with Gasteiger partial charge in [-0.05, 0) is 49.9 Å². The summed E-state index contributed by atoms with van der Waals surface area (Å²) in [4.78, 5) is 7.20. The smallest absolute Gasteiger partial charge is 0.264 e. The molecule has 0 spiro atoms. The molecule has 0 fully saturated rings. The number of allylic oxidation sites excluding steroid dienone is 1. The van der Waals surface area contributed by atoms with Crippen molar-refractivity contribution < 1.29 is 17.7 Å². The summed E-state index contributed by atoms with van der Waals surface area (Å²) in [6.45, 7) is 9.17. The first kappa shape index (κ1) is 26.5. The Labute approximate surface area is 216 Å². The number of anilines is 2. The van der Waals surface area contributed by atoms with Gasteiger partial charge in [-0.1, -0.05) is 57.5 Å². The van der Waals surface area contributed by atoms with Crippen LogP contribution in [0.15, 0.2) is 60.3 Å². The molecule has 8 heteroatoms. The lowest BCUT2D eigenvalue weighted by Crippen LogP contribution is -2.61. The van der Waals surface area contributed by atoms with Gasteiger partial charge in [0.2, 0.25) is 0 Å². The maximum atomic E-state index is 12.0.